The number of rotatable bonds is 4. The van der Waals surface area contributed by atoms with Crippen molar-refractivity contribution in [3.8, 4) is 0 Å². The van der Waals surface area contributed by atoms with E-state index in [1.165, 1.54) is 12.1 Å². The molecule has 0 bridgehead atoms. The number of hydrogen-bond donors (Lipinski definition) is 1. The molecule has 0 saturated carbocycles. The van der Waals surface area contributed by atoms with Crippen LogP contribution in [-0.2, 0) is 11.3 Å². The van der Waals surface area contributed by atoms with Gasteiger partial charge < -0.3 is 19.7 Å². The second kappa shape index (κ2) is 9.27. The van der Waals surface area contributed by atoms with E-state index in [0.29, 0.717) is 48.7 Å². The molecule has 1 fully saturated rings. The molecule has 10 heteroatoms. The van der Waals surface area contributed by atoms with Gasteiger partial charge in [-0.3, -0.25) is 14.9 Å². The highest BCUT2D eigenvalue weighted by Gasteiger charge is 2.22. The third-order valence-electron chi connectivity index (χ3n) is 5.48. The van der Waals surface area contributed by atoms with Gasteiger partial charge in [0, 0.05) is 66.1 Å². The van der Waals surface area contributed by atoms with Crippen LogP contribution in [0.1, 0.15) is 6.42 Å². The summed E-state index contributed by atoms with van der Waals surface area (Å²) >= 11 is 5.97. The topological polar surface area (TPSA) is 101 Å². The third-order valence-corrected chi connectivity index (χ3v) is 5.72. The number of amides is 3. The van der Waals surface area contributed by atoms with Crippen molar-refractivity contribution in [3.63, 3.8) is 0 Å². The Morgan fingerprint density at radius 2 is 1.81 bits per heavy atom. The molecule has 1 aromatic heterocycles. The lowest BCUT2D eigenvalue weighted by atomic mass is 10.2. The van der Waals surface area contributed by atoms with Crippen molar-refractivity contribution in [2.24, 2.45) is 0 Å². The molecule has 166 valence electrons. The number of non-ortho nitro benzene ring substituents is 1. The summed E-state index contributed by atoms with van der Waals surface area (Å²) < 4.78 is 1.79. The van der Waals surface area contributed by atoms with Crippen molar-refractivity contribution in [3.05, 3.63) is 69.9 Å². The lowest BCUT2D eigenvalue weighted by Crippen LogP contribution is -2.40. The van der Waals surface area contributed by atoms with Crippen LogP contribution in [0.4, 0.5) is 16.2 Å². The number of halogens is 1. The van der Waals surface area contributed by atoms with Crippen LogP contribution in [0, 0.1) is 10.1 Å². The number of benzene rings is 2. The predicted molar refractivity (Wildman–Crippen MR) is 122 cm³/mol. The first-order valence-corrected chi connectivity index (χ1v) is 10.6. The molecule has 2 aromatic carbocycles. The van der Waals surface area contributed by atoms with Crippen molar-refractivity contribution < 1.29 is 14.5 Å². The minimum Gasteiger partial charge on any atom is -0.339 e. The van der Waals surface area contributed by atoms with Gasteiger partial charge in [-0.05, 0) is 36.8 Å². The molecule has 1 saturated heterocycles. The maximum absolute atomic E-state index is 12.9. The lowest BCUT2D eigenvalue weighted by molar-refractivity contribution is -0.384. The Morgan fingerprint density at radius 3 is 2.59 bits per heavy atom. The first-order chi connectivity index (χ1) is 15.4. The molecule has 0 radical (unpaired) electrons. The van der Waals surface area contributed by atoms with Gasteiger partial charge in [-0.2, -0.15) is 0 Å². The van der Waals surface area contributed by atoms with Gasteiger partial charge in [-0.15, -0.1) is 0 Å². The largest absolute Gasteiger partial charge is 0.339 e. The number of aromatic nitrogens is 1. The monoisotopic (exact) mass is 455 g/mol. The maximum atomic E-state index is 12.9. The average Bonchev–Trinajstić information content (AvgIpc) is 2.99. The highest BCUT2D eigenvalue weighted by Crippen LogP contribution is 2.22. The Labute approximate surface area is 189 Å². The zero-order valence-electron chi connectivity index (χ0n) is 17.2. The van der Waals surface area contributed by atoms with Crippen LogP contribution in [0.5, 0.6) is 0 Å². The summed E-state index contributed by atoms with van der Waals surface area (Å²) in [4.78, 5) is 39.5. The Hall–Kier alpha value is -3.59. The van der Waals surface area contributed by atoms with E-state index in [1.807, 2.05) is 0 Å². The molecule has 0 aliphatic carbocycles. The van der Waals surface area contributed by atoms with Crippen molar-refractivity contribution in [1.82, 2.24) is 14.4 Å². The lowest BCUT2D eigenvalue weighted by Gasteiger charge is -2.23. The summed E-state index contributed by atoms with van der Waals surface area (Å²) in [6.07, 6.45) is 2.43. The number of anilines is 1. The van der Waals surface area contributed by atoms with Crippen molar-refractivity contribution in [2.75, 3.05) is 31.5 Å². The van der Waals surface area contributed by atoms with E-state index in [4.69, 9.17) is 11.6 Å². The Balaban J connectivity index is 1.37. The standard InChI is InChI=1S/C22H22ClN5O4/c23-17-3-1-4-18(14-17)24-22(30)26-9-2-8-25(11-12-26)21(29)15-27-10-7-16-13-19(28(31)32)5-6-20(16)27/h1,3-7,10,13-14H,2,8-9,11-12,15H2,(H,24,30). The molecule has 1 aliphatic heterocycles. The number of urea groups is 1. The molecule has 0 spiro atoms. The number of nitrogens with zero attached hydrogens (tertiary/aromatic N) is 4. The quantitative estimate of drug-likeness (QED) is 0.475. The van der Waals surface area contributed by atoms with Gasteiger partial charge in [0.1, 0.15) is 6.54 Å². The molecule has 1 aliphatic rings. The number of nitro groups is 1. The van der Waals surface area contributed by atoms with Gasteiger partial charge >= 0.3 is 6.03 Å². The number of nitro benzene ring substituents is 1. The fourth-order valence-electron chi connectivity index (χ4n) is 3.82. The Kier molecular flexibility index (Phi) is 6.27. The van der Waals surface area contributed by atoms with Crippen LogP contribution in [-0.4, -0.2) is 57.4 Å². The van der Waals surface area contributed by atoms with Gasteiger partial charge in [-0.1, -0.05) is 17.7 Å². The first kappa shape index (κ1) is 21.6. The number of hydrogen-bond acceptors (Lipinski definition) is 4. The normalized spacial score (nSPS) is 14.3. The van der Waals surface area contributed by atoms with E-state index in [9.17, 15) is 19.7 Å². The van der Waals surface area contributed by atoms with Crippen LogP contribution in [0.3, 0.4) is 0 Å². The summed E-state index contributed by atoms with van der Waals surface area (Å²) in [6.45, 7) is 2.11. The zero-order chi connectivity index (χ0) is 22.7. The van der Waals surface area contributed by atoms with Crippen LogP contribution in [0.15, 0.2) is 54.7 Å². The molecule has 1 N–H and O–H groups in total. The Bertz CT molecular complexity index is 1180. The second-order valence-electron chi connectivity index (χ2n) is 7.61. The van der Waals surface area contributed by atoms with E-state index in [1.54, 1.807) is 57.0 Å². The fourth-order valence-corrected chi connectivity index (χ4v) is 4.01. The third kappa shape index (κ3) is 4.83. The minimum atomic E-state index is -0.437. The molecule has 3 aromatic rings. The molecule has 32 heavy (non-hydrogen) atoms. The fraction of sp³-hybridized carbons (Fsp3) is 0.273. The predicted octanol–water partition coefficient (Wildman–Crippen LogP) is 3.97. The average molecular weight is 456 g/mol. The summed E-state index contributed by atoms with van der Waals surface area (Å²) in [6, 6.07) is 13.1. The number of carbonyl (C=O) groups is 2. The molecule has 9 nitrogen and oxygen atoms in total. The summed E-state index contributed by atoms with van der Waals surface area (Å²) in [5.41, 5.74) is 1.41. The highest BCUT2D eigenvalue weighted by molar-refractivity contribution is 6.30. The molecular weight excluding hydrogens is 434 g/mol. The van der Waals surface area contributed by atoms with E-state index in [-0.39, 0.29) is 24.2 Å². The second-order valence-corrected chi connectivity index (χ2v) is 8.04. The molecule has 0 atom stereocenters. The molecule has 4 rings (SSSR count). The van der Waals surface area contributed by atoms with E-state index >= 15 is 0 Å². The van der Waals surface area contributed by atoms with Crippen LogP contribution in [0.2, 0.25) is 5.02 Å². The number of fused-ring (bicyclic) bond motifs is 1. The SMILES string of the molecule is O=C(Cn1ccc2cc([N+](=O)[O-])ccc21)N1CCCN(C(=O)Nc2cccc(Cl)c2)CC1. The van der Waals surface area contributed by atoms with Crippen molar-refractivity contribution >= 4 is 45.8 Å². The maximum Gasteiger partial charge on any atom is 0.321 e. The molecule has 3 amide bonds. The van der Waals surface area contributed by atoms with E-state index in [2.05, 4.69) is 5.32 Å². The van der Waals surface area contributed by atoms with Crippen LogP contribution in [0.25, 0.3) is 10.9 Å². The Morgan fingerprint density at radius 1 is 1.03 bits per heavy atom. The summed E-state index contributed by atoms with van der Waals surface area (Å²) in [5, 5.41) is 15.1. The van der Waals surface area contributed by atoms with Crippen molar-refractivity contribution in [2.45, 2.75) is 13.0 Å². The van der Waals surface area contributed by atoms with Gasteiger partial charge in [0.15, 0.2) is 0 Å². The smallest absolute Gasteiger partial charge is 0.321 e. The van der Waals surface area contributed by atoms with Crippen LogP contribution >= 0.6 is 11.6 Å². The molecule has 2 heterocycles. The highest BCUT2D eigenvalue weighted by atomic mass is 35.5. The van der Waals surface area contributed by atoms with Gasteiger partial charge in [0.2, 0.25) is 5.91 Å². The number of nitrogens with one attached hydrogen (secondary N) is 1. The summed E-state index contributed by atoms with van der Waals surface area (Å²) in [5.74, 6) is -0.0575. The van der Waals surface area contributed by atoms with Gasteiger partial charge in [0.25, 0.3) is 5.69 Å². The zero-order valence-corrected chi connectivity index (χ0v) is 18.0. The van der Waals surface area contributed by atoms with Gasteiger partial charge in [-0.25, -0.2) is 4.79 Å². The van der Waals surface area contributed by atoms with E-state index in [0.717, 1.165) is 5.52 Å². The first-order valence-electron chi connectivity index (χ1n) is 10.2. The minimum absolute atomic E-state index is 0.0187. The van der Waals surface area contributed by atoms with Gasteiger partial charge in [0.05, 0.1) is 4.92 Å². The molecule has 0 unspecified atom stereocenters. The van der Waals surface area contributed by atoms with Crippen LogP contribution < -0.4 is 5.32 Å². The number of carbonyl (C=O) groups excluding carboxylic acids is 2. The molecular formula is C22H22ClN5O4. The van der Waals surface area contributed by atoms with Crippen molar-refractivity contribution in [1.29, 1.82) is 0 Å². The van der Waals surface area contributed by atoms with E-state index < -0.39 is 4.92 Å². The summed E-state index contributed by atoms with van der Waals surface area (Å²) in [7, 11) is 0.